The average molecular weight is 218 g/mol. The molecule has 0 aliphatic heterocycles. The van der Waals surface area contributed by atoms with E-state index in [1.807, 2.05) is 6.92 Å². The van der Waals surface area contributed by atoms with Gasteiger partial charge in [-0.3, -0.25) is 5.32 Å². The van der Waals surface area contributed by atoms with Gasteiger partial charge in [-0.15, -0.1) is 0 Å². The molecule has 0 saturated heterocycles. The van der Waals surface area contributed by atoms with E-state index in [-0.39, 0.29) is 6.10 Å². The maximum absolute atomic E-state index is 11.9. The lowest BCUT2D eigenvalue weighted by molar-refractivity contribution is -0.0226. The monoisotopic (exact) mass is 218 g/mol. The summed E-state index contributed by atoms with van der Waals surface area (Å²) in [5, 5.41) is 12.1. The molecule has 0 amide bonds. The molecule has 1 aliphatic rings. The smallest absolute Gasteiger partial charge is 0.261 e. The van der Waals surface area contributed by atoms with Crippen LogP contribution in [0.15, 0.2) is 0 Å². The van der Waals surface area contributed by atoms with E-state index >= 15 is 0 Å². The highest BCUT2D eigenvalue weighted by Gasteiger charge is 2.39. The predicted octanol–water partition coefficient (Wildman–Crippen LogP) is 1.69. The van der Waals surface area contributed by atoms with Crippen LogP contribution < -0.4 is 5.32 Å². The molecule has 1 aliphatic carbocycles. The molecular formula is C10H16F2N2O. The van der Waals surface area contributed by atoms with Crippen molar-refractivity contribution in [2.45, 2.75) is 44.3 Å². The van der Waals surface area contributed by atoms with Crippen LogP contribution in [-0.2, 0) is 4.74 Å². The molecule has 86 valence electrons. The molecule has 3 nitrogen and oxygen atoms in total. The number of ether oxygens (including phenoxy) is 1. The molecule has 0 aromatic heterocycles. The fourth-order valence-corrected chi connectivity index (χ4v) is 1.99. The lowest BCUT2D eigenvalue weighted by Crippen LogP contribution is -2.41. The molecule has 0 radical (unpaired) electrons. The zero-order valence-corrected chi connectivity index (χ0v) is 8.80. The maximum Gasteiger partial charge on any atom is 0.261 e. The van der Waals surface area contributed by atoms with Gasteiger partial charge in [0.15, 0.2) is 0 Å². The van der Waals surface area contributed by atoms with Gasteiger partial charge in [0.1, 0.15) is 12.1 Å². The van der Waals surface area contributed by atoms with E-state index in [4.69, 9.17) is 10.00 Å². The fourth-order valence-electron chi connectivity index (χ4n) is 1.99. The quantitative estimate of drug-likeness (QED) is 0.763. The first kappa shape index (κ1) is 12.3. The summed E-state index contributed by atoms with van der Waals surface area (Å²) in [5.41, 5.74) is -0.568. The fraction of sp³-hybridized carbons (Fsp3) is 0.900. The molecule has 0 heterocycles. The Morgan fingerprint density at radius 1 is 1.67 bits per heavy atom. The predicted molar refractivity (Wildman–Crippen MR) is 51.6 cm³/mol. The summed E-state index contributed by atoms with van der Waals surface area (Å²) in [6.45, 7) is 2.10. The summed E-state index contributed by atoms with van der Waals surface area (Å²) in [6, 6.07) is 2.22. The highest BCUT2D eigenvalue weighted by atomic mass is 19.3. The van der Waals surface area contributed by atoms with Gasteiger partial charge in [0.2, 0.25) is 0 Å². The molecule has 2 unspecified atom stereocenters. The number of nitrogens with zero attached hydrogens (tertiary/aromatic N) is 1. The molecule has 1 rings (SSSR count). The van der Waals surface area contributed by atoms with Crippen molar-refractivity contribution in [3.8, 4) is 6.07 Å². The zero-order chi connectivity index (χ0) is 11.3. The molecule has 5 heteroatoms. The summed E-state index contributed by atoms with van der Waals surface area (Å²) in [5.74, 6) is 0. The van der Waals surface area contributed by atoms with E-state index in [1.165, 1.54) is 0 Å². The second-order valence-electron chi connectivity index (χ2n) is 3.81. The van der Waals surface area contributed by atoms with Gasteiger partial charge in [0.05, 0.1) is 12.2 Å². The third-order valence-corrected chi connectivity index (χ3v) is 2.66. The van der Waals surface area contributed by atoms with Gasteiger partial charge in [-0.05, 0) is 19.4 Å². The molecule has 1 N–H and O–H groups in total. The second-order valence-corrected chi connectivity index (χ2v) is 3.81. The molecule has 0 aromatic carbocycles. The number of alkyl halides is 2. The lowest BCUT2D eigenvalue weighted by Gasteiger charge is -2.21. The summed E-state index contributed by atoms with van der Waals surface area (Å²) in [6.07, 6.45) is -0.790. The summed E-state index contributed by atoms with van der Waals surface area (Å²) < 4.78 is 28.8. The Bertz CT molecular complexity index is 242. The molecule has 2 atom stereocenters. The van der Waals surface area contributed by atoms with Crippen molar-refractivity contribution in [1.29, 1.82) is 5.26 Å². The van der Waals surface area contributed by atoms with Crippen molar-refractivity contribution in [2.24, 2.45) is 0 Å². The van der Waals surface area contributed by atoms with E-state index in [2.05, 4.69) is 11.4 Å². The minimum absolute atomic E-state index is 0.210. The van der Waals surface area contributed by atoms with Gasteiger partial charge in [0.25, 0.3) is 6.43 Å². The Kier molecular flexibility index (Phi) is 4.43. The minimum atomic E-state index is -2.43. The largest absolute Gasteiger partial charge is 0.372 e. The van der Waals surface area contributed by atoms with Crippen molar-refractivity contribution >= 4 is 0 Å². The van der Waals surface area contributed by atoms with Crippen LogP contribution in [0.5, 0.6) is 0 Å². The first-order chi connectivity index (χ1) is 7.12. The van der Waals surface area contributed by atoms with Gasteiger partial charge < -0.3 is 4.74 Å². The second kappa shape index (κ2) is 5.38. The molecule has 0 spiro atoms. The number of hydrogen-bond acceptors (Lipinski definition) is 3. The van der Waals surface area contributed by atoms with Gasteiger partial charge >= 0.3 is 0 Å². The van der Waals surface area contributed by atoms with E-state index < -0.39 is 18.6 Å². The number of hydrogen-bond donors (Lipinski definition) is 1. The van der Waals surface area contributed by atoms with Crippen LogP contribution >= 0.6 is 0 Å². The molecule has 1 fully saturated rings. The van der Waals surface area contributed by atoms with E-state index in [1.54, 1.807) is 0 Å². The molecular weight excluding hydrogens is 202 g/mol. The number of halogens is 2. The topological polar surface area (TPSA) is 45.0 Å². The van der Waals surface area contributed by atoms with Crippen LogP contribution in [0.3, 0.4) is 0 Å². The Hall–Kier alpha value is -0.730. The van der Waals surface area contributed by atoms with Crippen molar-refractivity contribution in [3.05, 3.63) is 0 Å². The van der Waals surface area contributed by atoms with Crippen LogP contribution in [0.1, 0.15) is 26.2 Å². The van der Waals surface area contributed by atoms with Crippen LogP contribution in [-0.4, -0.2) is 31.2 Å². The third-order valence-electron chi connectivity index (χ3n) is 2.66. The number of rotatable bonds is 5. The standard InChI is InChI=1S/C10H16F2N2O/c1-2-14-10(7-13)4-3-8(5-10)15-6-9(11)12/h8-9,14H,2-6H2,1H3. The highest BCUT2D eigenvalue weighted by molar-refractivity contribution is 5.12. The lowest BCUT2D eigenvalue weighted by atomic mass is 10.00. The Balaban J connectivity index is 2.40. The molecule has 0 bridgehead atoms. The van der Waals surface area contributed by atoms with Crippen molar-refractivity contribution in [1.82, 2.24) is 5.32 Å². The van der Waals surface area contributed by atoms with Gasteiger partial charge in [0, 0.05) is 6.42 Å². The summed E-state index contributed by atoms with van der Waals surface area (Å²) in [7, 11) is 0. The van der Waals surface area contributed by atoms with Crippen molar-refractivity contribution in [3.63, 3.8) is 0 Å². The van der Waals surface area contributed by atoms with Crippen LogP contribution in [0.2, 0.25) is 0 Å². The van der Waals surface area contributed by atoms with E-state index in [0.717, 1.165) is 0 Å². The normalized spacial score (nSPS) is 30.7. The molecule has 15 heavy (non-hydrogen) atoms. The Labute approximate surface area is 88.4 Å². The average Bonchev–Trinajstić information content (AvgIpc) is 2.60. The summed E-state index contributed by atoms with van der Waals surface area (Å²) in [4.78, 5) is 0. The van der Waals surface area contributed by atoms with Gasteiger partial charge in [-0.1, -0.05) is 6.92 Å². The van der Waals surface area contributed by atoms with Crippen LogP contribution in [0.4, 0.5) is 8.78 Å². The molecule has 1 saturated carbocycles. The number of nitrogens with one attached hydrogen (secondary N) is 1. The van der Waals surface area contributed by atoms with E-state index in [0.29, 0.717) is 25.8 Å². The van der Waals surface area contributed by atoms with Crippen molar-refractivity contribution < 1.29 is 13.5 Å². The first-order valence-electron chi connectivity index (χ1n) is 5.18. The number of nitriles is 1. The Morgan fingerprint density at radius 3 is 2.93 bits per heavy atom. The first-order valence-corrected chi connectivity index (χ1v) is 5.18. The van der Waals surface area contributed by atoms with Crippen LogP contribution in [0, 0.1) is 11.3 Å². The summed E-state index contributed by atoms with van der Waals surface area (Å²) >= 11 is 0. The van der Waals surface area contributed by atoms with Crippen LogP contribution in [0.25, 0.3) is 0 Å². The SMILES string of the molecule is CCNC1(C#N)CCC(OCC(F)F)C1. The van der Waals surface area contributed by atoms with Crippen molar-refractivity contribution in [2.75, 3.05) is 13.2 Å². The maximum atomic E-state index is 11.9. The van der Waals surface area contributed by atoms with Gasteiger partial charge in [-0.25, -0.2) is 8.78 Å². The Morgan fingerprint density at radius 2 is 2.40 bits per heavy atom. The zero-order valence-electron chi connectivity index (χ0n) is 8.80. The molecule has 0 aromatic rings. The van der Waals surface area contributed by atoms with E-state index in [9.17, 15) is 8.78 Å². The highest BCUT2D eigenvalue weighted by Crippen LogP contribution is 2.31. The third kappa shape index (κ3) is 3.40. The van der Waals surface area contributed by atoms with Gasteiger partial charge in [-0.2, -0.15) is 5.26 Å². The minimum Gasteiger partial charge on any atom is -0.372 e.